The molecule has 4 aromatic carbocycles. The van der Waals surface area contributed by atoms with Crippen molar-refractivity contribution in [2.45, 2.75) is 39.2 Å². The summed E-state index contributed by atoms with van der Waals surface area (Å²) in [7, 11) is 1.41. The van der Waals surface area contributed by atoms with Crippen LogP contribution in [0.1, 0.15) is 37.3 Å². The van der Waals surface area contributed by atoms with Gasteiger partial charge in [0.1, 0.15) is 12.4 Å². The maximum absolute atomic E-state index is 15.0. The topological polar surface area (TPSA) is 18.5 Å². The van der Waals surface area contributed by atoms with E-state index in [0.29, 0.717) is 22.4 Å². The predicted octanol–water partition coefficient (Wildman–Crippen LogP) is 8.76. The fraction of sp³-hybridized carbons (Fsp3) is 0.226. The van der Waals surface area contributed by atoms with Crippen LogP contribution in [-0.4, -0.2) is 7.11 Å². The molecule has 0 heterocycles. The molecule has 0 fully saturated rings. The first kappa shape index (κ1) is 25.4. The van der Waals surface area contributed by atoms with Gasteiger partial charge in [-0.05, 0) is 59.4 Å². The van der Waals surface area contributed by atoms with Crippen molar-refractivity contribution in [3.63, 3.8) is 0 Å². The highest BCUT2D eigenvalue weighted by atomic mass is 19.2. The Balaban J connectivity index is 1.45. The lowest BCUT2D eigenvalue weighted by Gasteiger charge is -2.11. The fourth-order valence-electron chi connectivity index (χ4n) is 4.12. The third kappa shape index (κ3) is 5.91. The lowest BCUT2D eigenvalue weighted by Crippen LogP contribution is -1.98. The van der Waals surface area contributed by atoms with Gasteiger partial charge in [-0.2, -0.15) is 0 Å². The number of unbranched alkanes of at least 4 members (excludes halogenated alkanes) is 2. The van der Waals surface area contributed by atoms with E-state index in [4.69, 9.17) is 9.47 Å². The summed E-state index contributed by atoms with van der Waals surface area (Å²) in [5.41, 5.74) is 3.45. The van der Waals surface area contributed by atoms with Crippen LogP contribution < -0.4 is 9.47 Å². The summed E-state index contributed by atoms with van der Waals surface area (Å²) in [6, 6.07) is 22.2. The summed E-state index contributed by atoms with van der Waals surface area (Å²) in [6.07, 6.45) is 4.45. The minimum absolute atomic E-state index is 0.162. The normalized spacial score (nSPS) is 10.9. The number of ether oxygens (including phenoxy) is 2. The number of hydrogen-bond acceptors (Lipinski definition) is 2. The van der Waals surface area contributed by atoms with E-state index in [1.807, 2.05) is 24.3 Å². The maximum Gasteiger partial charge on any atom is 0.167 e. The van der Waals surface area contributed by atoms with Gasteiger partial charge >= 0.3 is 0 Å². The summed E-state index contributed by atoms with van der Waals surface area (Å²) in [6.45, 7) is 2.33. The highest BCUT2D eigenvalue weighted by molar-refractivity contribution is 5.72. The highest BCUT2D eigenvalue weighted by Gasteiger charge is 2.16. The minimum atomic E-state index is -0.887. The number of benzene rings is 4. The van der Waals surface area contributed by atoms with Crippen LogP contribution in [0, 0.1) is 17.5 Å². The first-order valence-electron chi connectivity index (χ1n) is 12.1. The Kier molecular flexibility index (Phi) is 8.32. The van der Waals surface area contributed by atoms with Crippen molar-refractivity contribution < 1.29 is 22.6 Å². The van der Waals surface area contributed by atoms with Crippen molar-refractivity contribution >= 4 is 0 Å². The lowest BCUT2D eigenvalue weighted by molar-refractivity contribution is 0.305. The van der Waals surface area contributed by atoms with Gasteiger partial charge in [0.2, 0.25) is 0 Å². The zero-order chi connectivity index (χ0) is 25.5. The van der Waals surface area contributed by atoms with E-state index in [9.17, 15) is 4.39 Å². The van der Waals surface area contributed by atoms with Crippen molar-refractivity contribution in [1.82, 2.24) is 0 Å². The molecule has 0 bridgehead atoms. The first-order chi connectivity index (χ1) is 17.5. The molecule has 0 spiro atoms. The average Bonchev–Trinajstić information content (AvgIpc) is 2.90. The van der Waals surface area contributed by atoms with Crippen LogP contribution in [0.2, 0.25) is 0 Å². The van der Waals surface area contributed by atoms with Gasteiger partial charge in [-0.25, -0.2) is 13.2 Å². The second-order valence-corrected chi connectivity index (χ2v) is 8.72. The molecule has 0 aliphatic rings. The summed E-state index contributed by atoms with van der Waals surface area (Å²) in [5.74, 6) is -1.51. The molecule has 0 unspecified atom stereocenters. The largest absolute Gasteiger partial charge is 0.494 e. The molecule has 5 heteroatoms. The van der Waals surface area contributed by atoms with E-state index in [2.05, 4.69) is 6.92 Å². The van der Waals surface area contributed by atoms with Gasteiger partial charge in [-0.15, -0.1) is 0 Å². The van der Waals surface area contributed by atoms with Gasteiger partial charge in [-0.1, -0.05) is 74.4 Å². The lowest BCUT2D eigenvalue weighted by atomic mass is 9.97. The van der Waals surface area contributed by atoms with Crippen molar-refractivity contribution in [2.75, 3.05) is 7.11 Å². The minimum Gasteiger partial charge on any atom is -0.494 e. The molecule has 0 aliphatic carbocycles. The number of halogens is 3. The number of hydrogen-bond donors (Lipinski definition) is 0. The van der Waals surface area contributed by atoms with Crippen LogP contribution in [0.15, 0.2) is 78.9 Å². The molecule has 0 atom stereocenters. The monoisotopic (exact) mass is 490 g/mol. The molecule has 0 N–H and O–H groups in total. The third-order valence-corrected chi connectivity index (χ3v) is 6.20. The second kappa shape index (κ2) is 11.8. The quantitative estimate of drug-likeness (QED) is 0.207. The number of methoxy groups -OCH3 is 1. The van der Waals surface area contributed by atoms with E-state index in [1.54, 1.807) is 48.5 Å². The standard InChI is InChI=1S/C31H29F3O2/c1-3-4-5-6-21-7-10-23(11-8-21)26-16-17-27(31(34)30(26)33)24-12-14-25(15-13-24)36-20-22-9-18-29(35-2)28(32)19-22/h7-19H,3-6,20H2,1-2H3. The predicted molar refractivity (Wildman–Crippen MR) is 138 cm³/mol. The van der Waals surface area contributed by atoms with Crippen LogP contribution in [-0.2, 0) is 13.0 Å². The van der Waals surface area contributed by atoms with Crippen LogP contribution >= 0.6 is 0 Å². The summed E-state index contributed by atoms with van der Waals surface area (Å²) in [5, 5.41) is 0. The van der Waals surface area contributed by atoms with Crippen molar-refractivity contribution in [3.8, 4) is 33.8 Å². The molecule has 4 aromatic rings. The van der Waals surface area contributed by atoms with Crippen LogP contribution in [0.25, 0.3) is 22.3 Å². The van der Waals surface area contributed by atoms with E-state index >= 15 is 8.78 Å². The number of rotatable bonds is 10. The van der Waals surface area contributed by atoms with Crippen molar-refractivity contribution in [2.24, 2.45) is 0 Å². The third-order valence-electron chi connectivity index (χ3n) is 6.20. The van der Waals surface area contributed by atoms with Gasteiger partial charge in [0.25, 0.3) is 0 Å². The molecule has 0 amide bonds. The molecule has 0 aliphatic heterocycles. The molecular weight excluding hydrogens is 461 g/mol. The molecule has 186 valence electrons. The zero-order valence-electron chi connectivity index (χ0n) is 20.5. The van der Waals surface area contributed by atoms with Gasteiger partial charge in [-0.3, -0.25) is 0 Å². The molecule has 0 radical (unpaired) electrons. The van der Waals surface area contributed by atoms with Crippen LogP contribution in [0.4, 0.5) is 13.2 Å². The Morgan fingerprint density at radius 3 is 1.81 bits per heavy atom. The second-order valence-electron chi connectivity index (χ2n) is 8.72. The summed E-state index contributed by atoms with van der Waals surface area (Å²) >= 11 is 0. The average molecular weight is 491 g/mol. The van der Waals surface area contributed by atoms with E-state index in [1.165, 1.54) is 25.2 Å². The van der Waals surface area contributed by atoms with Gasteiger partial charge in [0.15, 0.2) is 23.2 Å². The SMILES string of the molecule is CCCCCc1ccc(-c2ccc(-c3ccc(OCc4ccc(OC)c(F)c4)cc3)c(F)c2F)cc1. The van der Waals surface area contributed by atoms with E-state index in [-0.39, 0.29) is 23.5 Å². The van der Waals surface area contributed by atoms with Crippen molar-refractivity contribution in [3.05, 3.63) is 107 Å². The molecule has 0 aromatic heterocycles. The Morgan fingerprint density at radius 2 is 1.25 bits per heavy atom. The smallest absolute Gasteiger partial charge is 0.167 e. The molecule has 2 nitrogen and oxygen atoms in total. The fourth-order valence-corrected chi connectivity index (χ4v) is 4.12. The molecule has 4 rings (SSSR count). The Bertz CT molecular complexity index is 1300. The van der Waals surface area contributed by atoms with Gasteiger partial charge in [0.05, 0.1) is 7.11 Å². The molecule has 0 saturated carbocycles. The Morgan fingerprint density at radius 1 is 0.667 bits per heavy atom. The van der Waals surface area contributed by atoms with Gasteiger partial charge < -0.3 is 9.47 Å². The van der Waals surface area contributed by atoms with E-state index in [0.717, 1.165) is 19.3 Å². The molecule has 0 saturated heterocycles. The van der Waals surface area contributed by atoms with Crippen LogP contribution in [0.3, 0.4) is 0 Å². The van der Waals surface area contributed by atoms with Crippen molar-refractivity contribution in [1.29, 1.82) is 0 Å². The highest BCUT2D eigenvalue weighted by Crippen LogP contribution is 2.32. The zero-order valence-corrected chi connectivity index (χ0v) is 20.5. The maximum atomic E-state index is 15.0. The Hall–Kier alpha value is -3.73. The molecular formula is C31H29F3O2. The summed E-state index contributed by atoms with van der Waals surface area (Å²) < 4.78 is 54.5. The van der Waals surface area contributed by atoms with Crippen LogP contribution in [0.5, 0.6) is 11.5 Å². The van der Waals surface area contributed by atoms with Gasteiger partial charge in [0, 0.05) is 11.1 Å². The Labute approximate surface area is 210 Å². The summed E-state index contributed by atoms with van der Waals surface area (Å²) in [4.78, 5) is 0. The molecule has 36 heavy (non-hydrogen) atoms. The van der Waals surface area contributed by atoms with E-state index < -0.39 is 17.5 Å². The first-order valence-corrected chi connectivity index (χ1v) is 12.1. The number of aryl methyl sites for hydroxylation is 1.